The fourth-order valence-corrected chi connectivity index (χ4v) is 2.35. The Hall–Kier alpha value is -0.820. The van der Waals surface area contributed by atoms with Crippen molar-refractivity contribution in [3.8, 4) is 0 Å². The Labute approximate surface area is 75.8 Å². The number of benzene rings is 1. The first-order valence-corrected chi connectivity index (χ1v) is 4.37. The van der Waals surface area contributed by atoms with Crippen LogP contribution in [0.4, 0.5) is 0 Å². The van der Waals surface area contributed by atoms with Gasteiger partial charge in [-0.15, -0.1) is 0 Å². The molecule has 2 heterocycles. The zero-order chi connectivity index (χ0) is 9.87. The molecule has 1 heteroatoms. The number of hydrogen-bond donors (Lipinski definition) is 0. The van der Waals surface area contributed by atoms with Gasteiger partial charge in [0.05, 0.1) is 0 Å². The van der Waals surface area contributed by atoms with Crippen LogP contribution < -0.4 is 0 Å². The summed E-state index contributed by atoms with van der Waals surface area (Å²) in [6.45, 7) is 0. The van der Waals surface area contributed by atoms with Crippen molar-refractivity contribution in [3.05, 3.63) is 35.4 Å². The van der Waals surface area contributed by atoms with E-state index in [9.17, 15) is 0 Å². The molecule has 2 bridgehead atoms. The van der Waals surface area contributed by atoms with Gasteiger partial charge in [0.2, 0.25) is 0 Å². The van der Waals surface area contributed by atoms with Crippen LogP contribution in [0.5, 0.6) is 0 Å². The third-order valence-corrected chi connectivity index (χ3v) is 2.99. The average Bonchev–Trinajstić information content (AvgIpc) is 2.58. The molecule has 0 N–H and O–H groups in total. The summed E-state index contributed by atoms with van der Waals surface area (Å²) in [7, 11) is 2.03. The normalized spacial score (nSPS) is 47.1. The van der Waals surface area contributed by atoms with E-state index < -0.39 is 0 Å². The van der Waals surface area contributed by atoms with Crippen molar-refractivity contribution < 1.29 is 2.74 Å². The van der Waals surface area contributed by atoms with E-state index in [0.717, 1.165) is 0 Å². The van der Waals surface area contributed by atoms with Crippen LogP contribution in [-0.4, -0.2) is 11.9 Å². The molecule has 2 aliphatic rings. The van der Waals surface area contributed by atoms with E-state index in [1.54, 1.807) is 0 Å². The van der Waals surface area contributed by atoms with Gasteiger partial charge in [0.1, 0.15) is 0 Å². The molecule has 0 spiro atoms. The second kappa shape index (κ2) is 2.11. The summed E-state index contributed by atoms with van der Waals surface area (Å²) in [6, 6.07) is 8.56. The van der Waals surface area contributed by atoms with Crippen molar-refractivity contribution in [1.29, 1.82) is 0 Å². The molecule has 2 aliphatic heterocycles. The number of rotatable bonds is 0. The van der Waals surface area contributed by atoms with E-state index in [0.29, 0.717) is 0 Å². The largest absolute Gasteiger partial charge is 0.292 e. The van der Waals surface area contributed by atoms with Crippen LogP contribution in [0.25, 0.3) is 0 Å². The molecule has 1 aromatic carbocycles. The van der Waals surface area contributed by atoms with Crippen molar-refractivity contribution in [3.63, 3.8) is 0 Å². The van der Waals surface area contributed by atoms with Gasteiger partial charge in [-0.2, -0.15) is 0 Å². The van der Waals surface area contributed by atoms with Gasteiger partial charge < -0.3 is 0 Å². The quantitative estimate of drug-likeness (QED) is 0.565. The topological polar surface area (TPSA) is 3.24 Å². The zero-order valence-electron chi connectivity index (χ0n) is 9.07. The van der Waals surface area contributed by atoms with Gasteiger partial charge in [0, 0.05) is 14.8 Å². The minimum atomic E-state index is -0.278. The average molecular weight is 161 g/mol. The Balaban J connectivity index is 2.19. The summed E-state index contributed by atoms with van der Waals surface area (Å²) in [5.74, 6) is 0. The predicted octanol–water partition coefficient (Wildman–Crippen LogP) is 2.51. The third-order valence-electron chi connectivity index (χ3n) is 2.99. The molecule has 1 fully saturated rings. The second-order valence-electron chi connectivity index (χ2n) is 3.57. The van der Waals surface area contributed by atoms with Gasteiger partial charge in [-0.3, -0.25) is 4.90 Å². The fraction of sp³-hybridized carbons (Fsp3) is 0.455. The Bertz CT molecular complexity index is 344. The SMILES string of the molecule is [2H][C@@H]1[C@H]([2H])[C@H]2c3ccccc3[C@@H]1N2C. The minimum Gasteiger partial charge on any atom is -0.292 e. The van der Waals surface area contributed by atoms with E-state index in [1.165, 1.54) is 11.1 Å². The van der Waals surface area contributed by atoms with E-state index in [1.807, 2.05) is 19.2 Å². The van der Waals surface area contributed by atoms with Gasteiger partial charge >= 0.3 is 0 Å². The fourth-order valence-electron chi connectivity index (χ4n) is 2.35. The second-order valence-corrected chi connectivity index (χ2v) is 3.57. The molecule has 4 atom stereocenters. The van der Waals surface area contributed by atoms with Crippen molar-refractivity contribution in [2.24, 2.45) is 0 Å². The van der Waals surface area contributed by atoms with Crippen LogP contribution in [0.2, 0.25) is 0 Å². The molecule has 62 valence electrons. The van der Waals surface area contributed by atoms with Crippen molar-refractivity contribution in [1.82, 2.24) is 4.90 Å². The van der Waals surface area contributed by atoms with Gasteiger partial charge in [0.25, 0.3) is 0 Å². The van der Waals surface area contributed by atoms with E-state index in [2.05, 4.69) is 17.0 Å². The summed E-state index contributed by atoms with van der Waals surface area (Å²) >= 11 is 0. The monoisotopic (exact) mass is 161 g/mol. The molecule has 12 heavy (non-hydrogen) atoms. The molecular formula is C11H13N. The molecule has 1 aromatic rings. The highest BCUT2D eigenvalue weighted by Crippen LogP contribution is 2.51. The lowest BCUT2D eigenvalue weighted by atomic mass is 9.92. The lowest BCUT2D eigenvalue weighted by Gasteiger charge is -2.13. The van der Waals surface area contributed by atoms with Crippen molar-refractivity contribution in [2.75, 3.05) is 7.05 Å². The van der Waals surface area contributed by atoms with Gasteiger partial charge in [0.15, 0.2) is 0 Å². The lowest BCUT2D eigenvalue weighted by Crippen LogP contribution is -2.12. The summed E-state index contributed by atoms with van der Waals surface area (Å²) in [6.07, 6.45) is -0.556. The summed E-state index contributed by atoms with van der Waals surface area (Å²) in [5, 5.41) is 0. The highest BCUT2D eigenvalue weighted by atomic mass is 15.2. The standard InChI is InChI=1S/C11H13N/c1-12-10-6-7-11(12)9-5-3-2-4-8(9)10/h2-5,10-11H,6-7H2,1H3/t10-,11+/i6D,7D/t6-,7+,10-,11+. The first-order chi connectivity index (χ1) is 6.72. The zero-order valence-corrected chi connectivity index (χ0v) is 7.07. The Morgan fingerprint density at radius 2 is 1.75 bits per heavy atom. The highest BCUT2D eigenvalue weighted by molar-refractivity contribution is 5.39. The maximum Gasteiger partial charge on any atom is 0.0355 e. The third kappa shape index (κ3) is 0.632. The molecule has 0 amide bonds. The maximum atomic E-state index is 7.96. The van der Waals surface area contributed by atoms with Crippen LogP contribution in [0.1, 0.15) is 38.7 Å². The van der Waals surface area contributed by atoms with Crippen LogP contribution >= 0.6 is 0 Å². The number of fused-ring (bicyclic) bond motifs is 5. The Morgan fingerprint density at radius 3 is 2.25 bits per heavy atom. The minimum absolute atomic E-state index is 0.152. The lowest BCUT2D eigenvalue weighted by molar-refractivity contribution is 0.280. The van der Waals surface area contributed by atoms with E-state index in [4.69, 9.17) is 2.74 Å². The van der Waals surface area contributed by atoms with Gasteiger partial charge in [-0.1, -0.05) is 24.3 Å². The molecule has 1 saturated heterocycles. The van der Waals surface area contributed by atoms with Crippen LogP contribution in [0, 0.1) is 0 Å². The molecule has 0 unspecified atom stereocenters. The van der Waals surface area contributed by atoms with Crippen LogP contribution in [-0.2, 0) is 0 Å². The molecule has 1 nitrogen and oxygen atoms in total. The van der Waals surface area contributed by atoms with Crippen molar-refractivity contribution in [2.45, 2.75) is 24.9 Å². The van der Waals surface area contributed by atoms with Crippen molar-refractivity contribution >= 4 is 0 Å². The van der Waals surface area contributed by atoms with Crippen LogP contribution in [0.15, 0.2) is 24.3 Å². The molecule has 0 aliphatic carbocycles. The first-order valence-electron chi connectivity index (χ1n) is 5.52. The molecule has 0 saturated carbocycles. The summed E-state index contributed by atoms with van der Waals surface area (Å²) in [4.78, 5) is 2.18. The molecule has 0 aromatic heterocycles. The molecular weight excluding hydrogens is 146 g/mol. The van der Waals surface area contributed by atoms with Gasteiger partial charge in [-0.25, -0.2) is 0 Å². The van der Waals surface area contributed by atoms with E-state index >= 15 is 0 Å². The Kier molecular flexibility index (Phi) is 0.883. The van der Waals surface area contributed by atoms with E-state index in [-0.39, 0.29) is 24.9 Å². The Morgan fingerprint density at radius 1 is 1.25 bits per heavy atom. The molecule has 3 rings (SSSR count). The molecule has 0 radical (unpaired) electrons. The summed E-state index contributed by atoms with van der Waals surface area (Å²) < 4.78 is 15.9. The number of nitrogens with zero attached hydrogens (tertiary/aromatic N) is 1. The number of hydrogen-bond acceptors (Lipinski definition) is 1. The smallest absolute Gasteiger partial charge is 0.0355 e. The first kappa shape index (κ1) is 5.03. The predicted molar refractivity (Wildman–Crippen MR) is 48.9 cm³/mol. The highest BCUT2D eigenvalue weighted by Gasteiger charge is 2.40. The maximum absolute atomic E-state index is 7.96. The van der Waals surface area contributed by atoms with Gasteiger partial charge in [-0.05, 0) is 31.0 Å². The van der Waals surface area contributed by atoms with Crippen LogP contribution in [0.3, 0.4) is 0 Å². The summed E-state index contributed by atoms with van der Waals surface area (Å²) in [5.41, 5.74) is 2.53.